The maximum Gasteiger partial charge on any atom is 0.244 e. The summed E-state index contributed by atoms with van der Waals surface area (Å²) in [6, 6.07) is 3.20. The second-order valence-corrected chi connectivity index (χ2v) is 12.2. The van der Waals surface area contributed by atoms with E-state index in [9.17, 15) is 13.2 Å². The summed E-state index contributed by atoms with van der Waals surface area (Å²) < 4.78 is 25.3. The normalized spacial score (nSPS) is 31.3. The Bertz CT molecular complexity index is 801. The smallest absolute Gasteiger partial charge is 0.244 e. The highest BCUT2D eigenvalue weighted by Gasteiger charge is 2.50. The van der Waals surface area contributed by atoms with Gasteiger partial charge in [-0.1, -0.05) is 11.8 Å². The van der Waals surface area contributed by atoms with Crippen molar-refractivity contribution in [2.75, 3.05) is 26.4 Å². The fourth-order valence-corrected chi connectivity index (χ4v) is 7.32. The Labute approximate surface area is 171 Å². The van der Waals surface area contributed by atoms with Crippen LogP contribution in [0.1, 0.15) is 38.5 Å². The van der Waals surface area contributed by atoms with Crippen LogP contribution in [0.3, 0.4) is 0 Å². The van der Waals surface area contributed by atoms with Gasteiger partial charge in [-0.2, -0.15) is 0 Å². The number of hydrogen-bond donors (Lipinski definition) is 1. The summed E-state index contributed by atoms with van der Waals surface area (Å²) in [5.41, 5.74) is 0.343. The molecule has 4 bridgehead atoms. The Kier molecular flexibility index (Phi) is 5.48. The highest BCUT2D eigenvalue weighted by molar-refractivity contribution is 7.99. The molecule has 1 heterocycles. The maximum absolute atomic E-state index is 12.4. The number of carbonyl (C=O) groups excluding carboxylic acids is 1. The molecule has 8 heteroatoms. The average molecular weight is 424 g/mol. The largest absolute Gasteiger partial charge is 0.355 e. The lowest BCUT2D eigenvalue weighted by Crippen LogP contribution is -2.51. The summed E-state index contributed by atoms with van der Waals surface area (Å²) in [7, 11) is -0.489. The monoisotopic (exact) mass is 423 g/mol. The molecule has 0 atom stereocenters. The number of sulfonamides is 1. The fraction of sp³-hybridized carbons (Fsp3) is 0.700. The molecule has 4 aliphatic carbocycles. The maximum atomic E-state index is 12.4. The van der Waals surface area contributed by atoms with Gasteiger partial charge in [0.05, 0.1) is 10.8 Å². The molecule has 0 radical (unpaired) electrons. The zero-order chi connectivity index (χ0) is 19.9. The van der Waals surface area contributed by atoms with Crippen molar-refractivity contribution in [3.8, 4) is 0 Å². The highest BCUT2D eigenvalue weighted by atomic mass is 32.2. The molecular formula is C20H29N3O3S2. The van der Waals surface area contributed by atoms with Gasteiger partial charge in [-0.15, -0.1) is 0 Å². The lowest BCUT2D eigenvalue weighted by molar-refractivity contribution is -0.120. The van der Waals surface area contributed by atoms with Crippen molar-refractivity contribution in [1.29, 1.82) is 0 Å². The molecule has 4 aliphatic rings. The molecule has 0 aliphatic heterocycles. The SMILES string of the molecule is CN(C)S(=O)(=O)c1ccc(SCC(=O)NCC23CC4CC(CC(C4)C2)C3)nc1. The number of nitrogens with one attached hydrogen (secondary N) is 1. The third-order valence-electron chi connectivity index (χ3n) is 6.66. The van der Waals surface area contributed by atoms with Gasteiger partial charge in [0.2, 0.25) is 15.9 Å². The van der Waals surface area contributed by atoms with E-state index in [1.807, 2.05) is 0 Å². The van der Waals surface area contributed by atoms with Crippen LogP contribution in [0.4, 0.5) is 0 Å². The molecule has 1 amide bonds. The minimum Gasteiger partial charge on any atom is -0.355 e. The topological polar surface area (TPSA) is 79.4 Å². The van der Waals surface area contributed by atoms with E-state index >= 15 is 0 Å². The summed E-state index contributed by atoms with van der Waals surface area (Å²) in [4.78, 5) is 16.7. The quantitative estimate of drug-likeness (QED) is 0.682. The van der Waals surface area contributed by atoms with Crippen molar-refractivity contribution in [3.63, 3.8) is 0 Å². The van der Waals surface area contributed by atoms with E-state index < -0.39 is 10.0 Å². The van der Waals surface area contributed by atoms with Crippen molar-refractivity contribution in [3.05, 3.63) is 18.3 Å². The standard InChI is InChI=1S/C20H29N3O3S2/c1-23(2)28(25,26)17-3-4-19(21-11-17)27-12-18(24)22-13-20-8-14-5-15(9-20)7-16(6-14)10-20/h3-4,11,14-16H,5-10,12-13H2,1-2H3,(H,22,24). The Hall–Kier alpha value is -1.12. The Balaban J connectivity index is 1.27. The van der Waals surface area contributed by atoms with Crippen LogP contribution in [0.15, 0.2) is 28.3 Å². The van der Waals surface area contributed by atoms with Crippen LogP contribution in [0.5, 0.6) is 0 Å². The molecule has 1 aromatic heterocycles. The van der Waals surface area contributed by atoms with E-state index in [1.165, 1.54) is 76.6 Å². The average Bonchev–Trinajstić information content (AvgIpc) is 2.64. The molecule has 5 rings (SSSR count). The highest BCUT2D eigenvalue weighted by Crippen LogP contribution is 2.59. The number of hydrogen-bond acceptors (Lipinski definition) is 5. The van der Waals surface area contributed by atoms with E-state index in [0.717, 1.165) is 28.6 Å². The first-order chi connectivity index (χ1) is 13.3. The number of pyridine rings is 1. The van der Waals surface area contributed by atoms with Crippen molar-refractivity contribution in [2.24, 2.45) is 23.2 Å². The minimum absolute atomic E-state index is 0.0348. The number of carbonyl (C=O) groups is 1. The summed E-state index contributed by atoms with van der Waals surface area (Å²) in [6.45, 7) is 0.809. The van der Waals surface area contributed by atoms with Crippen molar-refractivity contribution in [1.82, 2.24) is 14.6 Å². The van der Waals surface area contributed by atoms with E-state index in [-0.39, 0.29) is 10.8 Å². The van der Waals surface area contributed by atoms with Gasteiger partial charge in [-0.05, 0) is 73.8 Å². The molecule has 4 saturated carbocycles. The van der Waals surface area contributed by atoms with Crippen LogP contribution in [0, 0.1) is 23.2 Å². The zero-order valence-corrected chi connectivity index (χ0v) is 18.2. The van der Waals surface area contributed by atoms with Crippen LogP contribution in [0.2, 0.25) is 0 Å². The molecule has 0 saturated heterocycles. The fourth-order valence-electron chi connectivity index (χ4n) is 5.80. The molecule has 28 heavy (non-hydrogen) atoms. The molecule has 0 unspecified atom stereocenters. The van der Waals surface area contributed by atoms with Crippen LogP contribution in [-0.4, -0.2) is 50.0 Å². The predicted octanol–water partition coefficient (Wildman–Crippen LogP) is 2.76. The van der Waals surface area contributed by atoms with Gasteiger partial charge in [-0.3, -0.25) is 4.79 Å². The van der Waals surface area contributed by atoms with E-state index in [1.54, 1.807) is 6.07 Å². The summed E-state index contributed by atoms with van der Waals surface area (Å²) >= 11 is 1.34. The van der Waals surface area contributed by atoms with Gasteiger partial charge in [0.1, 0.15) is 4.90 Å². The van der Waals surface area contributed by atoms with Crippen LogP contribution >= 0.6 is 11.8 Å². The third kappa shape index (κ3) is 4.09. The predicted molar refractivity (Wildman–Crippen MR) is 109 cm³/mol. The lowest BCUT2D eigenvalue weighted by atomic mass is 9.49. The summed E-state index contributed by atoms with van der Waals surface area (Å²) in [5.74, 6) is 3.00. The Morgan fingerprint density at radius 2 is 1.79 bits per heavy atom. The number of rotatable bonds is 7. The number of thioether (sulfide) groups is 1. The molecule has 154 valence electrons. The third-order valence-corrected chi connectivity index (χ3v) is 9.41. The minimum atomic E-state index is -3.47. The van der Waals surface area contributed by atoms with Gasteiger partial charge in [0, 0.05) is 26.8 Å². The molecule has 1 aromatic rings. The van der Waals surface area contributed by atoms with Crippen molar-refractivity contribution < 1.29 is 13.2 Å². The molecule has 4 fully saturated rings. The number of aromatic nitrogens is 1. The lowest BCUT2D eigenvalue weighted by Gasteiger charge is -2.56. The molecular weight excluding hydrogens is 394 g/mol. The zero-order valence-electron chi connectivity index (χ0n) is 16.6. The van der Waals surface area contributed by atoms with Crippen molar-refractivity contribution in [2.45, 2.75) is 48.4 Å². The number of nitrogens with zero attached hydrogens (tertiary/aromatic N) is 2. The second-order valence-electron chi connectivity index (χ2n) is 9.10. The first-order valence-corrected chi connectivity index (χ1v) is 12.5. The van der Waals surface area contributed by atoms with Crippen molar-refractivity contribution >= 4 is 27.7 Å². The van der Waals surface area contributed by atoms with Gasteiger partial charge in [0.25, 0.3) is 0 Å². The summed E-state index contributed by atoms with van der Waals surface area (Å²) in [5, 5.41) is 3.83. The first kappa shape index (κ1) is 20.2. The van der Waals surface area contributed by atoms with Crippen LogP contribution in [0.25, 0.3) is 0 Å². The number of amides is 1. The van der Waals surface area contributed by atoms with Crippen LogP contribution in [-0.2, 0) is 14.8 Å². The van der Waals surface area contributed by atoms with E-state index in [2.05, 4.69) is 10.3 Å². The molecule has 1 N–H and O–H groups in total. The Morgan fingerprint density at radius 1 is 1.18 bits per heavy atom. The Morgan fingerprint density at radius 3 is 2.29 bits per heavy atom. The van der Waals surface area contributed by atoms with Gasteiger partial charge < -0.3 is 5.32 Å². The molecule has 0 aromatic carbocycles. The van der Waals surface area contributed by atoms with E-state index in [0.29, 0.717) is 16.2 Å². The second kappa shape index (κ2) is 7.61. The van der Waals surface area contributed by atoms with Gasteiger partial charge >= 0.3 is 0 Å². The molecule has 6 nitrogen and oxygen atoms in total. The van der Waals surface area contributed by atoms with Gasteiger partial charge in [0.15, 0.2) is 0 Å². The first-order valence-electron chi connectivity index (χ1n) is 10.0. The molecule has 0 spiro atoms. The summed E-state index contributed by atoms with van der Waals surface area (Å²) in [6.07, 6.45) is 9.45. The van der Waals surface area contributed by atoms with E-state index in [4.69, 9.17) is 0 Å². The van der Waals surface area contributed by atoms with Crippen LogP contribution < -0.4 is 5.32 Å². The van der Waals surface area contributed by atoms with Gasteiger partial charge in [-0.25, -0.2) is 17.7 Å².